The highest BCUT2D eigenvalue weighted by Crippen LogP contribution is 2.30. The Bertz CT molecular complexity index is 1960. The second-order valence-corrected chi connectivity index (χ2v) is 8.58. The van der Waals surface area contributed by atoms with E-state index in [1.807, 2.05) is 60.7 Å². The first-order chi connectivity index (χ1) is 17.7. The molecule has 7 rings (SSSR count). The minimum absolute atomic E-state index is 0.267. The van der Waals surface area contributed by atoms with Gasteiger partial charge in [0.25, 0.3) is 0 Å². The summed E-state index contributed by atoms with van der Waals surface area (Å²) in [6.07, 6.45) is 2.98. The molecule has 0 bridgehead atoms. The first kappa shape index (κ1) is 20.3. The zero-order chi connectivity index (χ0) is 24.2. The van der Waals surface area contributed by atoms with Gasteiger partial charge in [-0.05, 0) is 45.8 Å². The summed E-state index contributed by atoms with van der Waals surface area (Å²) in [7, 11) is 0. The molecule has 3 aromatic heterocycles. The van der Waals surface area contributed by atoms with Crippen molar-refractivity contribution in [3.05, 3.63) is 118 Å². The van der Waals surface area contributed by atoms with Crippen LogP contribution in [0.2, 0.25) is 0 Å². The Morgan fingerprint density at radius 1 is 0.528 bits per heavy atom. The third kappa shape index (κ3) is 3.12. The first-order valence-electron chi connectivity index (χ1n) is 11.4. The van der Waals surface area contributed by atoms with E-state index in [9.17, 15) is 9.59 Å². The highest BCUT2D eigenvalue weighted by molar-refractivity contribution is 6.07. The number of nitrogens with zero attached hydrogens (tertiary/aromatic N) is 2. The number of rotatable bonds is 2. The molecule has 0 saturated carbocycles. The molecule has 0 amide bonds. The van der Waals surface area contributed by atoms with Gasteiger partial charge in [0, 0.05) is 10.8 Å². The fourth-order valence-electron chi connectivity index (χ4n) is 4.73. The lowest BCUT2D eigenvalue weighted by Crippen LogP contribution is -2.07. The van der Waals surface area contributed by atoms with Crippen LogP contribution in [0.5, 0.6) is 0 Å². The van der Waals surface area contributed by atoms with Gasteiger partial charge in [0.05, 0.1) is 34.9 Å². The van der Waals surface area contributed by atoms with E-state index in [-0.39, 0.29) is 11.1 Å². The summed E-state index contributed by atoms with van der Waals surface area (Å²) in [5.41, 5.74) is 1.10. The molecule has 3 heterocycles. The number of benzene rings is 4. The van der Waals surface area contributed by atoms with Gasteiger partial charge in [0.15, 0.2) is 0 Å². The summed E-state index contributed by atoms with van der Waals surface area (Å²) < 4.78 is 11.3. The normalized spacial score (nSPS) is 11.6. The van der Waals surface area contributed by atoms with Crippen LogP contribution in [-0.2, 0) is 0 Å². The Hall–Kier alpha value is -5.10. The topological polar surface area (TPSA) is 86.2 Å². The van der Waals surface area contributed by atoms with Gasteiger partial charge in [-0.25, -0.2) is 14.6 Å². The van der Waals surface area contributed by atoms with Crippen molar-refractivity contribution in [1.82, 2.24) is 9.97 Å². The molecule has 0 fully saturated rings. The van der Waals surface area contributed by atoms with E-state index in [0.29, 0.717) is 22.6 Å². The van der Waals surface area contributed by atoms with Gasteiger partial charge < -0.3 is 8.83 Å². The predicted octanol–water partition coefficient (Wildman–Crippen LogP) is 6.33. The number of aromatic nitrogens is 2. The fourth-order valence-corrected chi connectivity index (χ4v) is 4.73. The molecule has 0 unspecified atom stereocenters. The molecule has 0 aliphatic heterocycles. The van der Waals surface area contributed by atoms with Crippen LogP contribution in [0.25, 0.3) is 66.0 Å². The van der Waals surface area contributed by atoms with E-state index in [1.54, 1.807) is 24.3 Å². The van der Waals surface area contributed by atoms with Crippen LogP contribution in [0.1, 0.15) is 0 Å². The van der Waals surface area contributed by atoms with Crippen LogP contribution < -0.4 is 11.3 Å². The lowest BCUT2D eigenvalue weighted by atomic mass is 10.0. The highest BCUT2D eigenvalue weighted by Gasteiger charge is 2.16. The van der Waals surface area contributed by atoms with Gasteiger partial charge in [-0.2, -0.15) is 0 Å². The van der Waals surface area contributed by atoms with Crippen LogP contribution in [0.4, 0.5) is 0 Å². The van der Waals surface area contributed by atoms with Crippen molar-refractivity contribution < 1.29 is 8.83 Å². The molecule has 0 N–H and O–H groups in total. The Labute approximate surface area is 203 Å². The average Bonchev–Trinajstić information content (AvgIpc) is 2.92. The first-order valence-corrected chi connectivity index (χ1v) is 11.4. The summed E-state index contributed by atoms with van der Waals surface area (Å²) in [5.74, 6) is 0. The van der Waals surface area contributed by atoms with Crippen molar-refractivity contribution >= 4 is 43.5 Å². The van der Waals surface area contributed by atoms with E-state index >= 15 is 0 Å². The van der Waals surface area contributed by atoms with Gasteiger partial charge in [0.2, 0.25) is 0 Å². The Balaban J connectivity index is 1.44. The molecule has 0 aliphatic carbocycles. The third-order valence-corrected chi connectivity index (χ3v) is 6.47. The molecular formula is C30H16N2O4. The number of hydrogen-bond donors (Lipinski definition) is 0. The molecule has 6 heteroatoms. The summed E-state index contributed by atoms with van der Waals surface area (Å²) in [6, 6.07) is 26.7. The smallest absolute Gasteiger partial charge is 0.345 e. The van der Waals surface area contributed by atoms with Crippen molar-refractivity contribution in [2.75, 3.05) is 0 Å². The highest BCUT2D eigenvalue weighted by atomic mass is 16.4. The SMILES string of the molecule is O=c1oc2ccc3ccccc3c2cc1-c1cncc(-c2cc3c(ccc4ccccc43)oc2=O)n1. The van der Waals surface area contributed by atoms with E-state index in [1.165, 1.54) is 12.4 Å². The largest absolute Gasteiger partial charge is 0.422 e. The maximum atomic E-state index is 12.9. The Morgan fingerprint density at radius 2 is 1.00 bits per heavy atom. The van der Waals surface area contributed by atoms with Gasteiger partial charge in [-0.1, -0.05) is 60.7 Å². The lowest BCUT2D eigenvalue weighted by Gasteiger charge is -2.07. The molecule has 36 heavy (non-hydrogen) atoms. The number of hydrogen-bond acceptors (Lipinski definition) is 6. The van der Waals surface area contributed by atoms with Gasteiger partial charge in [-0.15, -0.1) is 0 Å². The Morgan fingerprint density at radius 3 is 1.50 bits per heavy atom. The molecule has 0 aliphatic rings. The van der Waals surface area contributed by atoms with Crippen molar-refractivity contribution in [3.8, 4) is 22.5 Å². The average molecular weight is 468 g/mol. The summed E-state index contributed by atoms with van der Waals surface area (Å²) in [4.78, 5) is 34.7. The zero-order valence-corrected chi connectivity index (χ0v) is 18.8. The van der Waals surface area contributed by atoms with Crippen molar-refractivity contribution in [3.63, 3.8) is 0 Å². The summed E-state index contributed by atoms with van der Waals surface area (Å²) >= 11 is 0. The maximum absolute atomic E-state index is 12.9. The summed E-state index contributed by atoms with van der Waals surface area (Å²) in [6.45, 7) is 0. The molecular weight excluding hydrogens is 452 g/mol. The quantitative estimate of drug-likeness (QED) is 0.218. The van der Waals surface area contributed by atoms with E-state index in [2.05, 4.69) is 9.97 Å². The van der Waals surface area contributed by atoms with E-state index < -0.39 is 11.3 Å². The molecule has 0 saturated heterocycles. The zero-order valence-electron chi connectivity index (χ0n) is 18.8. The van der Waals surface area contributed by atoms with Crippen LogP contribution in [0.15, 0.2) is 116 Å². The Kier molecular flexibility index (Phi) is 4.35. The minimum Gasteiger partial charge on any atom is -0.422 e. The standard InChI is InChI=1S/C30H16N2O4/c33-29-23(13-21-19-7-3-1-5-17(19)9-11-27(21)35-29)25-15-31-16-26(32-25)24-14-22-20-8-4-2-6-18(20)10-12-28(22)36-30(24)34/h1-16H. The molecule has 7 aromatic rings. The molecule has 0 atom stereocenters. The van der Waals surface area contributed by atoms with Crippen molar-refractivity contribution in [2.45, 2.75) is 0 Å². The van der Waals surface area contributed by atoms with Crippen LogP contribution in [0.3, 0.4) is 0 Å². The van der Waals surface area contributed by atoms with Gasteiger partial charge in [-0.3, -0.25) is 4.98 Å². The lowest BCUT2D eigenvalue weighted by molar-refractivity contribution is 0.563. The van der Waals surface area contributed by atoms with E-state index in [4.69, 9.17) is 8.83 Å². The second kappa shape index (κ2) is 7.71. The van der Waals surface area contributed by atoms with Gasteiger partial charge >= 0.3 is 11.3 Å². The molecule has 0 spiro atoms. The van der Waals surface area contributed by atoms with Crippen LogP contribution in [-0.4, -0.2) is 9.97 Å². The fraction of sp³-hybridized carbons (Fsp3) is 0. The second-order valence-electron chi connectivity index (χ2n) is 8.58. The van der Waals surface area contributed by atoms with Gasteiger partial charge in [0.1, 0.15) is 11.2 Å². The molecule has 6 nitrogen and oxygen atoms in total. The van der Waals surface area contributed by atoms with Crippen molar-refractivity contribution in [1.29, 1.82) is 0 Å². The molecule has 170 valence electrons. The van der Waals surface area contributed by atoms with Crippen LogP contribution >= 0.6 is 0 Å². The number of fused-ring (bicyclic) bond motifs is 6. The van der Waals surface area contributed by atoms with Crippen molar-refractivity contribution in [2.24, 2.45) is 0 Å². The summed E-state index contributed by atoms with van der Waals surface area (Å²) in [5, 5.41) is 5.59. The third-order valence-electron chi connectivity index (χ3n) is 6.47. The molecule has 0 radical (unpaired) electrons. The minimum atomic E-state index is -0.527. The monoisotopic (exact) mass is 468 g/mol. The molecule has 4 aromatic carbocycles. The predicted molar refractivity (Wildman–Crippen MR) is 140 cm³/mol. The van der Waals surface area contributed by atoms with E-state index in [0.717, 1.165) is 32.3 Å². The van der Waals surface area contributed by atoms with Crippen LogP contribution in [0, 0.1) is 0 Å². The maximum Gasteiger partial charge on any atom is 0.345 e.